The number of nitrogen functional groups attached to an aromatic ring is 1. The first-order valence-corrected chi connectivity index (χ1v) is 6.42. The van der Waals surface area contributed by atoms with E-state index in [0.29, 0.717) is 5.56 Å². The number of aromatic nitrogens is 1. The van der Waals surface area contributed by atoms with E-state index in [4.69, 9.17) is 10.5 Å². The monoisotopic (exact) mass is 268 g/mol. The second-order valence-corrected chi connectivity index (χ2v) is 5.03. The minimum absolute atomic E-state index is 0.334. The summed E-state index contributed by atoms with van der Waals surface area (Å²) < 4.78 is 4.78. The summed E-state index contributed by atoms with van der Waals surface area (Å²) in [6, 6.07) is 7.48. The van der Waals surface area contributed by atoms with Gasteiger partial charge in [-0.25, -0.2) is 4.79 Å². The molecule has 0 saturated carbocycles. The Labute approximate surface area is 116 Å². The van der Waals surface area contributed by atoms with Gasteiger partial charge in [0.25, 0.3) is 0 Å². The van der Waals surface area contributed by atoms with Gasteiger partial charge in [0.2, 0.25) is 0 Å². The Morgan fingerprint density at radius 3 is 2.70 bits per heavy atom. The first-order valence-electron chi connectivity index (χ1n) is 6.42. The Kier molecular flexibility index (Phi) is 2.67. The van der Waals surface area contributed by atoms with Gasteiger partial charge in [0.1, 0.15) is 0 Å². The van der Waals surface area contributed by atoms with Crippen LogP contribution >= 0.6 is 0 Å². The van der Waals surface area contributed by atoms with Gasteiger partial charge in [0.15, 0.2) is 0 Å². The fourth-order valence-corrected chi connectivity index (χ4v) is 2.68. The highest BCUT2D eigenvalue weighted by molar-refractivity contribution is 6.12. The molecule has 0 aliphatic rings. The van der Waals surface area contributed by atoms with Crippen molar-refractivity contribution in [2.45, 2.75) is 13.8 Å². The number of nitrogens with one attached hydrogen (secondary N) is 1. The van der Waals surface area contributed by atoms with Crippen molar-refractivity contribution in [3.8, 4) is 0 Å². The number of esters is 1. The standard InChI is InChI=1S/C16H16N2O2/c1-8-6-12(17)9(2)14-11-7-10(16(19)20-3)4-5-13(11)18-15(8)14/h4-7,18H,17H2,1-3H3. The first-order chi connectivity index (χ1) is 9.52. The van der Waals surface area contributed by atoms with Crippen LogP contribution in [-0.4, -0.2) is 18.1 Å². The summed E-state index contributed by atoms with van der Waals surface area (Å²) in [6.07, 6.45) is 0. The highest BCUT2D eigenvalue weighted by Crippen LogP contribution is 2.33. The van der Waals surface area contributed by atoms with Crippen LogP contribution in [0.1, 0.15) is 21.5 Å². The maximum absolute atomic E-state index is 11.7. The Morgan fingerprint density at radius 2 is 2.00 bits per heavy atom. The number of aryl methyl sites for hydroxylation is 2. The maximum atomic E-state index is 11.7. The summed E-state index contributed by atoms with van der Waals surface area (Å²) in [6.45, 7) is 4.02. The highest BCUT2D eigenvalue weighted by atomic mass is 16.5. The zero-order valence-electron chi connectivity index (χ0n) is 11.7. The molecule has 0 spiro atoms. The average molecular weight is 268 g/mol. The molecule has 3 rings (SSSR count). The summed E-state index contributed by atoms with van der Waals surface area (Å²) in [4.78, 5) is 15.1. The summed E-state index contributed by atoms with van der Waals surface area (Å²) in [5.41, 5.74) is 11.5. The van der Waals surface area contributed by atoms with Crippen LogP contribution in [0.25, 0.3) is 21.8 Å². The van der Waals surface area contributed by atoms with E-state index in [2.05, 4.69) is 4.98 Å². The number of benzene rings is 2. The average Bonchev–Trinajstić information content (AvgIpc) is 2.83. The van der Waals surface area contributed by atoms with E-state index < -0.39 is 0 Å². The molecule has 2 aromatic carbocycles. The van der Waals surface area contributed by atoms with Crippen LogP contribution < -0.4 is 5.73 Å². The van der Waals surface area contributed by atoms with Gasteiger partial charge in [-0.3, -0.25) is 0 Å². The topological polar surface area (TPSA) is 68.1 Å². The van der Waals surface area contributed by atoms with E-state index in [-0.39, 0.29) is 5.97 Å². The molecular weight excluding hydrogens is 252 g/mol. The summed E-state index contributed by atoms with van der Waals surface area (Å²) >= 11 is 0. The molecule has 0 saturated heterocycles. The van der Waals surface area contributed by atoms with Crippen molar-refractivity contribution in [3.05, 3.63) is 41.0 Å². The van der Waals surface area contributed by atoms with Crippen LogP contribution in [0.3, 0.4) is 0 Å². The molecular formula is C16H16N2O2. The number of hydrogen-bond acceptors (Lipinski definition) is 3. The number of fused-ring (bicyclic) bond motifs is 3. The number of ether oxygens (including phenoxy) is 1. The van der Waals surface area contributed by atoms with Gasteiger partial charge in [-0.05, 0) is 49.2 Å². The van der Waals surface area contributed by atoms with Crippen LogP contribution in [0.5, 0.6) is 0 Å². The second kappa shape index (κ2) is 4.27. The van der Waals surface area contributed by atoms with Crippen LogP contribution in [0.15, 0.2) is 24.3 Å². The molecule has 0 atom stereocenters. The van der Waals surface area contributed by atoms with E-state index in [1.54, 1.807) is 6.07 Å². The second-order valence-electron chi connectivity index (χ2n) is 5.03. The molecule has 4 heteroatoms. The van der Waals surface area contributed by atoms with Crippen molar-refractivity contribution in [1.82, 2.24) is 4.98 Å². The third-order valence-corrected chi connectivity index (χ3v) is 3.79. The van der Waals surface area contributed by atoms with Crippen LogP contribution in [0.4, 0.5) is 5.69 Å². The van der Waals surface area contributed by atoms with E-state index >= 15 is 0 Å². The van der Waals surface area contributed by atoms with Gasteiger partial charge < -0.3 is 15.5 Å². The van der Waals surface area contributed by atoms with E-state index in [1.807, 2.05) is 32.0 Å². The van der Waals surface area contributed by atoms with Crippen molar-refractivity contribution in [2.24, 2.45) is 0 Å². The van der Waals surface area contributed by atoms with Gasteiger partial charge in [0, 0.05) is 27.5 Å². The molecule has 3 aromatic rings. The van der Waals surface area contributed by atoms with Crippen LogP contribution in [0, 0.1) is 13.8 Å². The normalized spacial score (nSPS) is 11.2. The van der Waals surface area contributed by atoms with Gasteiger partial charge in [-0.15, -0.1) is 0 Å². The smallest absolute Gasteiger partial charge is 0.337 e. The molecule has 0 amide bonds. The molecule has 0 unspecified atom stereocenters. The summed E-state index contributed by atoms with van der Waals surface area (Å²) in [5, 5.41) is 2.07. The number of carbonyl (C=O) groups is 1. The molecule has 0 aliphatic carbocycles. The number of hydrogen-bond donors (Lipinski definition) is 2. The Hall–Kier alpha value is -2.49. The first kappa shape index (κ1) is 12.5. The van der Waals surface area contributed by atoms with Gasteiger partial charge in [-0.1, -0.05) is 0 Å². The van der Waals surface area contributed by atoms with Crippen molar-refractivity contribution >= 4 is 33.5 Å². The lowest BCUT2D eigenvalue weighted by Crippen LogP contribution is -2.00. The fraction of sp³-hybridized carbons (Fsp3) is 0.188. The Morgan fingerprint density at radius 1 is 1.25 bits per heavy atom. The number of carbonyl (C=O) groups excluding carboxylic acids is 1. The maximum Gasteiger partial charge on any atom is 0.337 e. The predicted molar refractivity (Wildman–Crippen MR) is 81.0 cm³/mol. The minimum atomic E-state index is -0.334. The number of nitrogens with two attached hydrogens (primary N) is 1. The number of anilines is 1. The minimum Gasteiger partial charge on any atom is -0.465 e. The van der Waals surface area contributed by atoms with E-state index in [1.165, 1.54) is 7.11 Å². The lowest BCUT2D eigenvalue weighted by molar-refractivity contribution is 0.0601. The van der Waals surface area contributed by atoms with Crippen molar-refractivity contribution in [1.29, 1.82) is 0 Å². The van der Waals surface area contributed by atoms with E-state index in [0.717, 1.165) is 38.6 Å². The predicted octanol–water partition coefficient (Wildman–Crippen LogP) is 3.31. The fourth-order valence-electron chi connectivity index (χ4n) is 2.68. The van der Waals surface area contributed by atoms with E-state index in [9.17, 15) is 4.79 Å². The SMILES string of the molecule is COC(=O)c1ccc2[nH]c3c(C)cc(N)c(C)c3c2c1. The van der Waals surface area contributed by atoms with Crippen LogP contribution in [-0.2, 0) is 4.74 Å². The summed E-state index contributed by atoms with van der Waals surface area (Å²) in [5.74, 6) is -0.334. The summed E-state index contributed by atoms with van der Waals surface area (Å²) in [7, 11) is 1.38. The Balaban J connectivity index is 2.44. The zero-order valence-corrected chi connectivity index (χ0v) is 11.7. The molecule has 20 heavy (non-hydrogen) atoms. The molecule has 1 aromatic heterocycles. The lowest BCUT2D eigenvalue weighted by Gasteiger charge is -2.05. The number of rotatable bonds is 1. The Bertz CT molecular complexity index is 847. The third kappa shape index (κ3) is 1.65. The molecule has 102 valence electrons. The number of H-pyrrole nitrogens is 1. The zero-order chi connectivity index (χ0) is 14.4. The van der Waals surface area contributed by atoms with Crippen molar-refractivity contribution < 1.29 is 9.53 Å². The number of methoxy groups -OCH3 is 1. The van der Waals surface area contributed by atoms with Crippen LogP contribution in [0.2, 0.25) is 0 Å². The number of aromatic amines is 1. The third-order valence-electron chi connectivity index (χ3n) is 3.79. The molecule has 0 fully saturated rings. The van der Waals surface area contributed by atoms with Gasteiger partial charge in [-0.2, -0.15) is 0 Å². The molecule has 4 nitrogen and oxygen atoms in total. The molecule has 0 bridgehead atoms. The molecule has 0 aliphatic heterocycles. The molecule has 1 heterocycles. The largest absolute Gasteiger partial charge is 0.465 e. The van der Waals surface area contributed by atoms with Gasteiger partial charge >= 0.3 is 5.97 Å². The van der Waals surface area contributed by atoms with Crippen molar-refractivity contribution in [2.75, 3.05) is 12.8 Å². The molecule has 3 N–H and O–H groups in total. The van der Waals surface area contributed by atoms with Crippen molar-refractivity contribution in [3.63, 3.8) is 0 Å². The highest BCUT2D eigenvalue weighted by Gasteiger charge is 2.14. The molecule has 0 radical (unpaired) electrons. The van der Waals surface area contributed by atoms with Gasteiger partial charge in [0.05, 0.1) is 12.7 Å². The quantitative estimate of drug-likeness (QED) is 0.525. The lowest BCUT2D eigenvalue weighted by atomic mass is 10.0.